The fourth-order valence-corrected chi connectivity index (χ4v) is 5.15. The highest BCUT2D eigenvalue weighted by Crippen LogP contribution is 2.48. The van der Waals surface area contributed by atoms with Gasteiger partial charge in [-0.25, -0.2) is 4.39 Å². The largest absolute Gasteiger partial charge is 0.388 e. The van der Waals surface area contributed by atoms with Gasteiger partial charge in [-0.2, -0.15) is 0 Å². The van der Waals surface area contributed by atoms with Crippen molar-refractivity contribution in [3.8, 4) is 0 Å². The number of anilines is 1. The van der Waals surface area contributed by atoms with Gasteiger partial charge in [-0.1, -0.05) is 31.9 Å². The van der Waals surface area contributed by atoms with Crippen molar-refractivity contribution in [1.82, 2.24) is 9.88 Å². The number of nitrogens with two attached hydrogens (primary N) is 1. The number of likely N-dealkylation sites (tertiary alicyclic amines) is 1. The van der Waals surface area contributed by atoms with Crippen LogP contribution in [0.3, 0.4) is 0 Å². The maximum absolute atomic E-state index is 13.7. The molecule has 168 valence electrons. The lowest BCUT2D eigenvalue weighted by atomic mass is 10.1. The Labute approximate surface area is 193 Å². The number of rotatable bonds is 6. The number of halogens is 1. The van der Waals surface area contributed by atoms with Crippen LogP contribution < -0.4 is 11.1 Å². The lowest BCUT2D eigenvalue weighted by Gasteiger charge is -2.24. The molecule has 5 rings (SSSR count). The van der Waals surface area contributed by atoms with Crippen molar-refractivity contribution in [1.29, 1.82) is 0 Å². The Kier molecular flexibility index (Phi) is 5.25. The van der Waals surface area contributed by atoms with Gasteiger partial charge in [-0.3, -0.25) is 9.98 Å². The number of hydrogen-bond donors (Lipinski definition) is 2. The standard InChI is InChI=1S/C27H28FN5/c1-5-22(33-13-19-20(14-33)25(19)29)24-26(16(3)23-21(30-4)9-10-31-27(23)24)32-15(2)11-17-7-6-8-18(28)12-17/h5-10,12,19-20,25H,1-3,11,13-14,29H2,4H3,(H,30,31). The smallest absolute Gasteiger partial charge is 0.123 e. The molecule has 6 heteroatoms. The van der Waals surface area contributed by atoms with Crippen molar-refractivity contribution in [2.24, 2.45) is 22.6 Å². The van der Waals surface area contributed by atoms with E-state index in [1.165, 1.54) is 12.1 Å². The topological polar surface area (TPSA) is 66.5 Å². The minimum atomic E-state index is -0.270. The van der Waals surface area contributed by atoms with Crippen LogP contribution in [0.4, 0.5) is 10.1 Å². The molecule has 2 aromatic rings. The average molecular weight is 442 g/mol. The van der Waals surface area contributed by atoms with Gasteiger partial charge in [0.25, 0.3) is 0 Å². The number of fused-ring (bicyclic) bond motifs is 2. The number of allylic oxidation sites excluding steroid dienone is 4. The highest BCUT2D eigenvalue weighted by Gasteiger charge is 2.54. The van der Waals surface area contributed by atoms with E-state index in [0.717, 1.165) is 58.2 Å². The molecular weight excluding hydrogens is 413 g/mol. The fraction of sp³-hybridized carbons (Fsp3) is 0.259. The Balaban J connectivity index is 1.59. The van der Waals surface area contributed by atoms with Crippen molar-refractivity contribution in [3.63, 3.8) is 0 Å². The van der Waals surface area contributed by atoms with Crippen molar-refractivity contribution < 1.29 is 4.39 Å². The number of piperidine rings is 1. The second kappa shape index (κ2) is 8.12. The molecule has 0 spiro atoms. The lowest BCUT2D eigenvalue weighted by Crippen LogP contribution is -2.28. The number of hydrogen-bond acceptors (Lipinski definition) is 5. The van der Waals surface area contributed by atoms with E-state index in [2.05, 4.69) is 30.0 Å². The van der Waals surface area contributed by atoms with Crippen LogP contribution in [-0.4, -0.2) is 41.8 Å². The molecule has 3 aliphatic rings. The molecule has 1 aromatic heterocycles. The van der Waals surface area contributed by atoms with Crippen LogP contribution in [-0.2, 0) is 6.42 Å². The Morgan fingerprint density at radius 1 is 1.33 bits per heavy atom. The number of aliphatic imine (C=N–C) groups is 1. The molecule has 3 N–H and O–H groups in total. The van der Waals surface area contributed by atoms with E-state index in [9.17, 15) is 4.39 Å². The SMILES string of the molecule is C=CC(=C1C(=NC(=C)Cc2cccc(F)c2)C(=C)c2c(NC)ccnc21)N1CC2C(N)C2C1. The summed E-state index contributed by atoms with van der Waals surface area (Å²) < 4.78 is 13.7. The molecule has 1 aromatic carbocycles. The number of nitrogens with zero attached hydrogens (tertiary/aromatic N) is 3. The summed E-state index contributed by atoms with van der Waals surface area (Å²) in [6.07, 6.45) is 4.11. The van der Waals surface area contributed by atoms with Crippen molar-refractivity contribution >= 4 is 22.5 Å². The minimum Gasteiger partial charge on any atom is -0.388 e. The molecule has 1 aliphatic heterocycles. The summed E-state index contributed by atoms with van der Waals surface area (Å²) in [5.74, 6) is 0.794. The molecule has 2 fully saturated rings. The fourth-order valence-electron chi connectivity index (χ4n) is 5.15. The summed E-state index contributed by atoms with van der Waals surface area (Å²) in [6, 6.07) is 8.75. The van der Waals surface area contributed by atoms with E-state index in [-0.39, 0.29) is 5.82 Å². The molecule has 2 atom stereocenters. The third-order valence-corrected chi connectivity index (χ3v) is 6.90. The second-order valence-electron chi connectivity index (χ2n) is 8.92. The van der Waals surface area contributed by atoms with Crippen LogP contribution in [0.1, 0.15) is 16.8 Å². The van der Waals surface area contributed by atoms with E-state index in [4.69, 9.17) is 15.7 Å². The number of nitrogens with one attached hydrogen (secondary N) is 1. The minimum absolute atomic E-state index is 0.270. The van der Waals surface area contributed by atoms with Crippen molar-refractivity contribution in [2.75, 3.05) is 25.5 Å². The number of aromatic nitrogens is 1. The summed E-state index contributed by atoms with van der Waals surface area (Å²) >= 11 is 0. The molecule has 2 aliphatic carbocycles. The highest BCUT2D eigenvalue weighted by atomic mass is 19.1. The number of benzene rings is 1. The predicted octanol–water partition coefficient (Wildman–Crippen LogP) is 4.27. The molecule has 0 bridgehead atoms. The van der Waals surface area contributed by atoms with Crippen LogP contribution in [0.2, 0.25) is 0 Å². The molecular formula is C27H28FN5. The van der Waals surface area contributed by atoms with E-state index >= 15 is 0 Å². The van der Waals surface area contributed by atoms with Crippen LogP contribution in [0.25, 0.3) is 11.1 Å². The van der Waals surface area contributed by atoms with Crippen molar-refractivity contribution in [3.05, 3.63) is 96.4 Å². The molecule has 1 saturated carbocycles. The van der Waals surface area contributed by atoms with E-state index in [1.54, 1.807) is 12.3 Å². The van der Waals surface area contributed by atoms with Gasteiger partial charge in [-0.05, 0) is 41.7 Å². The molecule has 2 heterocycles. The monoisotopic (exact) mass is 441 g/mol. The Bertz CT molecular complexity index is 1230. The summed E-state index contributed by atoms with van der Waals surface area (Å²) in [5.41, 5.74) is 13.8. The van der Waals surface area contributed by atoms with Gasteiger partial charge in [0.1, 0.15) is 5.82 Å². The van der Waals surface area contributed by atoms with Gasteiger partial charge in [0, 0.05) is 67.0 Å². The second-order valence-corrected chi connectivity index (χ2v) is 8.92. The average Bonchev–Trinajstić information content (AvgIpc) is 3.12. The predicted molar refractivity (Wildman–Crippen MR) is 133 cm³/mol. The van der Waals surface area contributed by atoms with Gasteiger partial charge in [-0.15, -0.1) is 0 Å². The maximum Gasteiger partial charge on any atom is 0.123 e. The molecule has 33 heavy (non-hydrogen) atoms. The molecule has 0 amide bonds. The first-order valence-corrected chi connectivity index (χ1v) is 11.2. The summed E-state index contributed by atoms with van der Waals surface area (Å²) in [4.78, 5) is 12.0. The van der Waals surface area contributed by atoms with Crippen LogP contribution in [0, 0.1) is 17.7 Å². The van der Waals surface area contributed by atoms with E-state index < -0.39 is 0 Å². The van der Waals surface area contributed by atoms with Crippen molar-refractivity contribution in [2.45, 2.75) is 12.5 Å². The first-order chi connectivity index (χ1) is 15.9. The molecule has 1 saturated heterocycles. The first-order valence-electron chi connectivity index (χ1n) is 11.2. The quantitative estimate of drug-likeness (QED) is 0.703. The normalized spacial score (nSPS) is 25.7. The first kappa shape index (κ1) is 21.3. The molecule has 0 radical (unpaired) electrons. The Morgan fingerprint density at radius 2 is 2.09 bits per heavy atom. The van der Waals surface area contributed by atoms with Gasteiger partial charge in [0.15, 0.2) is 0 Å². The van der Waals surface area contributed by atoms with E-state index in [0.29, 0.717) is 30.0 Å². The zero-order valence-electron chi connectivity index (χ0n) is 18.8. The van der Waals surface area contributed by atoms with Crippen LogP contribution in [0.5, 0.6) is 0 Å². The van der Waals surface area contributed by atoms with E-state index in [1.807, 2.05) is 25.3 Å². The van der Waals surface area contributed by atoms with Crippen LogP contribution in [0.15, 0.2) is 78.7 Å². The van der Waals surface area contributed by atoms with Gasteiger partial charge < -0.3 is 16.0 Å². The zero-order chi connectivity index (χ0) is 23.3. The lowest BCUT2D eigenvalue weighted by molar-refractivity contribution is 0.384. The summed E-state index contributed by atoms with van der Waals surface area (Å²) in [6.45, 7) is 14.5. The molecule has 2 unspecified atom stereocenters. The third-order valence-electron chi connectivity index (χ3n) is 6.90. The molecule has 5 nitrogen and oxygen atoms in total. The van der Waals surface area contributed by atoms with Gasteiger partial charge in [0.2, 0.25) is 0 Å². The summed E-state index contributed by atoms with van der Waals surface area (Å²) in [5, 5.41) is 3.25. The Morgan fingerprint density at radius 3 is 2.76 bits per heavy atom. The third kappa shape index (κ3) is 3.60. The van der Waals surface area contributed by atoms with Crippen LogP contribution >= 0.6 is 0 Å². The Hall–Kier alpha value is -3.51. The summed E-state index contributed by atoms with van der Waals surface area (Å²) in [7, 11) is 1.88. The van der Waals surface area contributed by atoms with Gasteiger partial charge >= 0.3 is 0 Å². The zero-order valence-corrected chi connectivity index (χ0v) is 18.8. The van der Waals surface area contributed by atoms with Gasteiger partial charge in [0.05, 0.1) is 17.0 Å². The maximum atomic E-state index is 13.7. The number of pyridine rings is 1. The highest BCUT2D eigenvalue weighted by molar-refractivity contribution is 6.50.